The molecule has 1 aliphatic rings. The Morgan fingerprint density at radius 3 is 2.33 bits per heavy atom. The van der Waals surface area contributed by atoms with E-state index in [2.05, 4.69) is 10.6 Å². The summed E-state index contributed by atoms with van der Waals surface area (Å²) in [7, 11) is 0. The molecule has 0 radical (unpaired) electrons. The van der Waals surface area contributed by atoms with Gasteiger partial charge in [0.2, 0.25) is 17.7 Å². The molecule has 3 amide bonds. The monoisotopic (exact) mass is 384 g/mol. The van der Waals surface area contributed by atoms with Gasteiger partial charge in [-0.1, -0.05) is 27.7 Å². The van der Waals surface area contributed by atoms with Crippen LogP contribution in [0, 0.1) is 11.8 Å². The number of nitrogens with one attached hydrogen (secondary N) is 2. The molecular formula is C18H32N4O5. The zero-order valence-electron chi connectivity index (χ0n) is 16.5. The second-order valence-corrected chi connectivity index (χ2v) is 7.77. The fourth-order valence-electron chi connectivity index (χ4n) is 3.12. The molecule has 0 aromatic heterocycles. The molecule has 1 fully saturated rings. The van der Waals surface area contributed by atoms with Gasteiger partial charge < -0.3 is 26.4 Å². The summed E-state index contributed by atoms with van der Waals surface area (Å²) in [6.07, 6.45) is 1.53. The van der Waals surface area contributed by atoms with E-state index in [4.69, 9.17) is 5.73 Å². The van der Waals surface area contributed by atoms with E-state index in [0.29, 0.717) is 25.8 Å². The van der Waals surface area contributed by atoms with Crippen molar-refractivity contribution in [3.8, 4) is 0 Å². The summed E-state index contributed by atoms with van der Waals surface area (Å²) in [5.74, 6) is -2.36. The summed E-state index contributed by atoms with van der Waals surface area (Å²) in [5.41, 5.74) is 5.77. The summed E-state index contributed by atoms with van der Waals surface area (Å²) in [4.78, 5) is 49.5. The van der Waals surface area contributed by atoms with Gasteiger partial charge in [0, 0.05) is 6.54 Å². The van der Waals surface area contributed by atoms with Crippen LogP contribution >= 0.6 is 0 Å². The molecule has 5 N–H and O–H groups in total. The van der Waals surface area contributed by atoms with Gasteiger partial charge in [0.25, 0.3) is 0 Å². The quantitative estimate of drug-likeness (QED) is 0.430. The van der Waals surface area contributed by atoms with E-state index in [9.17, 15) is 24.3 Å². The van der Waals surface area contributed by atoms with E-state index in [-0.39, 0.29) is 18.4 Å². The van der Waals surface area contributed by atoms with E-state index >= 15 is 0 Å². The van der Waals surface area contributed by atoms with Crippen LogP contribution in [0.4, 0.5) is 0 Å². The topological polar surface area (TPSA) is 142 Å². The lowest BCUT2D eigenvalue weighted by Crippen LogP contribution is -2.55. The lowest BCUT2D eigenvalue weighted by molar-refractivity contribution is -0.150. The second-order valence-electron chi connectivity index (χ2n) is 7.77. The Bertz CT molecular complexity index is 564. The van der Waals surface area contributed by atoms with E-state index in [1.54, 1.807) is 13.8 Å². The normalized spacial score (nSPS) is 19.1. The maximum Gasteiger partial charge on any atom is 0.326 e. The number of rotatable bonds is 9. The predicted molar refractivity (Wildman–Crippen MR) is 99.6 cm³/mol. The van der Waals surface area contributed by atoms with Gasteiger partial charge in [-0.3, -0.25) is 14.4 Å². The first kappa shape index (κ1) is 22.9. The van der Waals surface area contributed by atoms with Crippen LogP contribution in [0.5, 0.6) is 0 Å². The molecule has 27 heavy (non-hydrogen) atoms. The maximum atomic E-state index is 12.7. The average Bonchev–Trinajstić information content (AvgIpc) is 3.05. The molecule has 1 aliphatic heterocycles. The third kappa shape index (κ3) is 6.82. The summed E-state index contributed by atoms with van der Waals surface area (Å²) in [6.45, 7) is 7.50. The number of hydrogen-bond acceptors (Lipinski definition) is 5. The number of aliphatic carboxylic acids is 1. The highest BCUT2D eigenvalue weighted by atomic mass is 16.4. The fraction of sp³-hybridized carbons (Fsp3) is 0.778. The number of nitrogens with zero attached hydrogens (tertiary/aromatic N) is 1. The SMILES string of the molecule is CC(C)CC(N)C(=O)NCC(=O)NC(C(=O)N1CCCC1C(=O)O)C(C)C. The van der Waals surface area contributed by atoms with Gasteiger partial charge in [-0.25, -0.2) is 4.79 Å². The molecule has 1 saturated heterocycles. The largest absolute Gasteiger partial charge is 0.480 e. The van der Waals surface area contributed by atoms with Gasteiger partial charge in [0.1, 0.15) is 12.1 Å². The second kappa shape index (κ2) is 10.2. The zero-order valence-corrected chi connectivity index (χ0v) is 16.5. The van der Waals surface area contributed by atoms with Crippen LogP contribution in [0.15, 0.2) is 0 Å². The molecule has 9 nitrogen and oxygen atoms in total. The Labute approximate surface area is 160 Å². The molecule has 0 aromatic carbocycles. The van der Waals surface area contributed by atoms with Crippen molar-refractivity contribution < 1.29 is 24.3 Å². The van der Waals surface area contributed by atoms with Crippen LogP contribution in [-0.4, -0.2) is 64.9 Å². The zero-order chi connectivity index (χ0) is 20.7. The van der Waals surface area contributed by atoms with Crippen molar-refractivity contribution in [2.45, 2.75) is 65.1 Å². The highest BCUT2D eigenvalue weighted by molar-refractivity contribution is 5.92. The van der Waals surface area contributed by atoms with Crippen molar-refractivity contribution in [1.29, 1.82) is 0 Å². The first-order valence-electron chi connectivity index (χ1n) is 9.40. The Balaban J connectivity index is 2.63. The maximum absolute atomic E-state index is 12.7. The summed E-state index contributed by atoms with van der Waals surface area (Å²) in [6, 6.07) is -2.40. The van der Waals surface area contributed by atoms with Crippen molar-refractivity contribution >= 4 is 23.7 Å². The number of amides is 3. The summed E-state index contributed by atoms with van der Waals surface area (Å²) in [5, 5.41) is 14.3. The van der Waals surface area contributed by atoms with Gasteiger partial charge in [-0.15, -0.1) is 0 Å². The molecule has 3 atom stereocenters. The van der Waals surface area contributed by atoms with E-state index < -0.39 is 41.8 Å². The standard InChI is InChI=1S/C18H32N4O5/c1-10(2)8-12(19)16(24)20-9-14(23)21-15(11(3)4)17(25)22-7-5-6-13(22)18(26)27/h10-13,15H,5-9,19H2,1-4H3,(H,20,24)(H,21,23)(H,26,27). The highest BCUT2D eigenvalue weighted by Crippen LogP contribution is 2.20. The predicted octanol–water partition coefficient (Wildman–Crippen LogP) is -0.308. The van der Waals surface area contributed by atoms with E-state index in [0.717, 1.165) is 0 Å². The molecule has 0 aliphatic carbocycles. The minimum atomic E-state index is -1.04. The van der Waals surface area contributed by atoms with Crippen molar-refractivity contribution in [2.75, 3.05) is 13.1 Å². The van der Waals surface area contributed by atoms with Crippen LogP contribution in [0.1, 0.15) is 47.0 Å². The Morgan fingerprint density at radius 2 is 1.81 bits per heavy atom. The van der Waals surface area contributed by atoms with Crippen molar-refractivity contribution in [2.24, 2.45) is 17.6 Å². The number of carbonyl (C=O) groups is 4. The minimum absolute atomic E-state index is 0.226. The Hall–Kier alpha value is -2.16. The van der Waals surface area contributed by atoms with Gasteiger partial charge in [-0.2, -0.15) is 0 Å². The summed E-state index contributed by atoms with van der Waals surface area (Å²) >= 11 is 0. The molecule has 9 heteroatoms. The molecule has 0 aromatic rings. The number of likely N-dealkylation sites (tertiary alicyclic amines) is 1. The molecule has 3 unspecified atom stereocenters. The Morgan fingerprint density at radius 1 is 1.19 bits per heavy atom. The Kier molecular flexibility index (Phi) is 8.68. The van der Waals surface area contributed by atoms with Crippen LogP contribution < -0.4 is 16.4 Å². The molecule has 0 saturated carbocycles. The van der Waals surface area contributed by atoms with Crippen LogP contribution in [0.25, 0.3) is 0 Å². The number of nitrogens with two attached hydrogens (primary N) is 1. The van der Waals surface area contributed by atoms with Gasteiger partial charge in [-0.05, 0) is 31.1 Å². The van der Waals surface area contributed by atoms with Crippen molar-refractivity contribution in [3.05, 3.63) is 0 Å². The van der Waals surface area contributed by atoms with Crippen molar-refractivity contribution in [1.82, 2.24) is 15.5 Å². The third-order valence-corrected chi connectivity index (χ3v) is 4.56. The fourth-order valence-corrected chi connectivity index (χ4v) is 3.12. The summed E-state index contributed by atoms with van der Waals surface area (Å²) < 4.78 is 0. The molecule has 0 spiro atoms. The number of hydrogen-bond donors (Lipinski definition) is 4. The highest BCUT2D eigenvalue weighted by Gasteiger charge is 2.38. The van der Waals surface area contributed by atoms with E-state index in [1.807, 2.05) is 13.8 Å². The molecule has 1 heterocycles. The van der Waals surface area contributed by atoms with Crippen molar-refractivity contribution in [3.63, 3.8) is 0 Å². The minimum Gasteiger partial charge on any atom is -0.480 e. The first-order valence-corrected chi connectivity index (χ1v) is 9.40. The number of carbonyl (C=O) groups excluding carboxylic acids is 3. The first-order chi connectivity index (χ1) is 12.5. The lowest BCUT2D eigenvalue weighted by atomic mass is 10.0. The van der Waals surface area contributed by atoms with Gasteiger partial charge in [0.15, 0.2) is 0 Å². The van der Waals surface area contributed by atoms with Crippen LogP contribution in [0.2, 0.25) is 0 Å². The number of carboxylic acid groups (broad SMARTS) is 1. The smallest absolute Gasteiger partial charge is 0.326 e. The molecular weight excluding hydrogens is 352 g/mol. The van der Waals surface area contributed by atoms with Gasteiger partial charge >= 0.3 is 5.97 Å². The number of carboxylic acids is 1. The van der Waals surface area contributed by atoms with Gasteiger partial charge in [0.05, 0.1) is 12.6 Å². The third-order valence-electron chi connectivity index (χ3n) is 4.56. The average molecular weight is 384 g/mol. The molecule has 1 rings (SSSR count). The lowest BCUT2D eigenvalue weighted by Gasteiger charge is -2.29. The molecule has 154 valence electrons. The molecule has 0 bridgehead atoms. The van der Waals surface area contributed by atoms with E-state index in [1.165, 1.54) is 4.90 Å². The van der Waals surface area contributed by atoms with Crippen LogP contribution in [0.3, 0.4) is 0 Å². The van der Waals surface area contributed by atoms with Crippen LogP contribution in [-0.2, 0) is 19.2 Å².